The molecular weight excluding hydrogens is 469 g/mol. The summed E-state index contributed by atoms with van der Waals surface area (Å²) in [6.45, 7) is 0. The molecule has 3 rings (SSSR count). The third-order valence-corrected chi connectivity index (χ3v) is 5.15. The van der Waals surface area contributed by atoms with Gasteiger partial charge < -0.3 is 4.74 Å². The van der Waals surface area contributed by atoms with Crippen molar-refractivity contribution in [2.24, 2.45) is 0 Å². The minimum atomic E-state index is -4.44. The van der Waals surface area contributed by atoms with E-state index >= 15 is 0 Å². The zero-order chi connectivity index (χ0) is 18.7. The van der Waals surface area contributed by atoms with Crippen LogP contribution in [0.3, 0.4) is 0 Å². The predicted molar refractivity (Wildman–Crippen MR) is 105 cm³/mol. The minimum absolute atomic E-state index is 0.135. The Labute approximate surface area is 163 Å². The summed E-state index contributed by atoms with van der Waals surface area (Å²) >= 11 is 1.83. The van der Waals surface area contributed by atoms with Crippen LogP contribution < -0.4 is 4.74 Å². The molecule has 8 heteroatoms. The van der Waals surface area contributed by atoms with Gasteiger partial charge in [-0.05, 0) is 52.4 Å². The Balaban J connectivity index is 2.00. The third kappa shape index (κ3) is 4.09. The van der Waals surface area contributed by atoms with Gasteiger partial charge in [0.25, 0.3) is 10.1 Å². The van der Waals surface area contributed by atoms with E-state index in [1.165, 1.54) is 30.5 Å². The standard InChI is InChI=1S/C18H12INO5S/c19-14-11-15(26(22,23)24)13-7-4-10-20-17(13)18(14)25-16(21)9-8-12-5-2-1-3-6-12/h1-11H,(H,22,23,24)/b9-8-. The van der Waals surface area contributed by atoms with Crippen molar-refractivity contribution in [1.29, 1.82) is 0 Å². The summed E-state index contributed by atoms with van der Waals surface area (Å²) in [6.07, 6.45) is 4.33. The number of fused-ring (bicyclic) bond motifs is 1. The summed E-state index contributed by atoms with van der Waals surface area (Å²) in [6, 6.07) is 13.5. The van der Waals surface area contributed by atoms with E-state index in [2.05, 4.69) is 4.98 Å². The zero-order valence-corrected chi connectivity index (χ0v) is 16.1. The number of carbonyl (C=O) groups excluding carboxylic acids is 1. The van der Waals surface area contributed by atoms with Crippen molar-refractivity contribution in [3.05, 3.63) is 69.9 Å². The van der Waals surface area contributed by atoms with Gasteiger partial charge in [-0.1, -0.05) is 30.3 Å². The summed E-state index contributed by atoms with van der Waals surface area (Å²) in [7, 11) is -4.44. The van der Waals surface area contributed by atoms with Gasteiger partial charge in [0.2, 0.25) is 0 Å². The van der Waals surface area contributed by atoms with Crippen LogP contribution in [0.2, 0.25) is 0 Å². The molecule has 3 aromatic rings. The number of benzene rings is 2. The fraction of sp³-hybridized carbons (Fsp3) is 0. The van der Waals surface area contributed by atoms with E-state index < -0.39 is 16.1 Å². The minimum Gasteiger partial charge on any atom is -0.420 e. The Morgan fingerprint density at radius 1 is 1.15 bits per heavy atom. The number of carbonyl (C=O) groups is 1. The zero-order valence-electron chi connectivity index (χ0n) is 13.2. The van der Waals surface area contributed by atoms with Crippen molar-refractivity contribution in [2.45, 2.75) is 4.90 Å². The first-order valence-corrected chi connectivity index (χ1v) is 9.88. The second kappa shape index (κ2) is 7.52. The maximum Gasteiger partial charge on any atom is 0.336 e. The summed E-state index contributed by atoms with van der Waals surface area (Å²) < 4.78 is 38.3. The van der Waals surface area contributed by atoms with Crippen molar-refractivity contribution < 1.29 is 22.5 Å². The Morgan fingerprint density at radius 3 is 2.58 bits per heavy atom. The number of ether oxygens (including phenoxy) is 1. The monoisotopic (exact) mass is 481 g/mol. The molecule has 0 aliphatic rings. The molecule has 0 amide bonds. The number of halogens is 1. The van der Waals surface area contributed by atoms with Gasteiger partial charge in [-0.3, -0.25) is 9.54 Å². The fourth-order valence-corrected chi connectivity index (χ4v) is 3.93. The van der Waals surface area contributed by atoms with Crippen LogP contribution in [0.1, 0.15) is 5.56 Å². The molecule has 1 N–H and O–H groups in total. The van der Waals surface area contributed by atoms with Gasteiger partial charge in [0.05, 0.1) is 3.57 Å². The molecule has 1 heterocycles. The molecule has 26 heavy (non-hydrogen) atoms. The highest BCUT2D eigenvalue weighted by Crippen LogP contribution is 2.34. The van der Waals surface area contributed by atoms with Crippen LogP contribution in [0.15, 0.2) is 65.7 Å². The SMILES string of the molecule is O=C(/C=C\c1ccccc1)Oc1c(I)cc(S(=O)(=O)O)c2cccnc12. The largest absolute Gasteiger partial charge is 0.420 e. The molecule has 0 unspecified atom stereocenters. The molecule has 6 nitrogen and oxygen atoms in total. The lowest BCUT2D eigenvalue weighted by Crippen LogP contribution is -2.08. The van der Waals surface area contributed by atoms with Crippen molar-refractivity contribution in [2.75, 3.05) is 0 Å². The Kier molecular flexibility index (Phi) is 5.35. The Hall–Kier alpha value is -2.30. The number of esters is 1. The van der Waals surface area contributed by atoms with Crippen LogP contribution in [-0.2, 0) is 14.9 Å². The van der Waals surface area contributed by atoms with E-state index in [0.29, 0.717) is 3.57 Å². The van der Waals surface area contributed by atoms with Crippen molar-refractivity contribution in [3.8, 4) is 5.75 Å². The Bertz CT molecular complexity index is 1110. The van der Waals surface area contributed by atoms with Gasteiger partial charge in [-0.25, -0.2) is 4.79 Å². The lowest BCUT2D eigenvalue weighted by Gasteiger charge is -2.10. The quantitative estimate of drug-likeness (QED) is 0.201. The van der Waals surface area contributed by atoms with Crippen molar-refractivity contribution >= 4 is 55.7 Å². The molecule has 0 aliphatic carbocycles. The molecule has 0 saturated carbocycles. The topological polar surface area (TPSA) is 93.6 Å². The number of hydrogen-bond acceptors (Lipinski definition) is 5. The number of aromatic nitrogens is 1. The molecular formula is C18H12INO5S. The maximum atomic E-state index is 12.2. The number of nitrogens with zero attached hydrogens (tertiary/aromatic N) is 1. The number of pyridine rings is 1. The van der Waals surface area contributed by atoms with Gasteiger partial charge in [0, 0.05) is 17.7 Å². The van der Waals surface area contributed by atoms with Crippen LogP contribution in [0.5, 0.6) is 5.75 Å². The van der Waals surface area contributed by atoms with Gasteiger partial charge in [-0.15, -0.1) is 0 Å². The highest BCUT2D eigenvalue weighted by molar-refractivity contribution is 14.1. The number of hydrogen-bond donors (Lipinski definition) is 1. The van der Waals surface area contributed by atoms with Gasteiger partial charge in [0.1, 0.15) is 10.4 Å². The molecule has 132 valence electrons. The molecule has 0 atom stereocenters. The summed E-state index contributed by atoms with van der Waals surface area (Å²) in [4.78, 5) is 16.0. The molecule has 0 spiro atoms. The van der Waals surface area contributed by atoms with E-state index in [9.17, 15) is 17.8 Å². The number of rotatable bonds is 4. The average molecular weight is 481 g/mol. The molecule has 0 saturated heterocycles. The van der Waals surface area contributed by atoms with E-state index in [0.717, 1.165) is 5.56 Å². The van der Waals surface area contributed by atoms with Crippen LogP contribution in [0, 0.1) is 3.57 Å². The highest BCUT2D eigenvalue weighted by Gasteiger charge is 2.21. The van der Waals surface area contributed by atoms with Crippen LogP contribution in [-0.4, -0.2) is 23.9 Å². The average Bonchev–Trinajstić information content (AvgIpc) is 2.62. The van der Waals surface area contributed by atoms with Crippen molar-refractivity contribution in [1.82, 2.24) is 4.98 Å². The lowest BCUT2D eigenvalue weighted by molar-refractivity contribution is -0.128. The molecule has 2 aromatic carbocycles. The van der Waals surface area contributed by atoms with Crippen LogP contribution in [0.4, 0.5) is 0 Å². The smallest absolute Gasteiger partial charge is 0.336 e. The maximum absolute atomic E-state index is 12.2. The van der Waals surface area contributed by atoms with Crippen molar-refractivity contribution in [3.63, 3.8) is 0 Å². The van der Waals surface area contributed by atoms with Gasteiger partial charge >= 0.3 is 5.97 Å². The van der Waals surface area contributed by atoms with Crippen LogP contribution >= 0.6 is 22.6 Å². The molecule has 0 radical (unpaired) electrons. The summed E-state index contributed by atoms with van der Waals surface area (Å²) in [5.41, 5.74) is 1.01. The molecule has 0 aliphatic heterocycles. The summed E-state index contributed by atoms with van der Waals surface area (Å²) in [5, 5.41) is 0.172. The molecule has 1 aromatic heterocycles. The molecule has 0 bridgehead atoms. The van der Waals surface area contributed by atoms with E-state index in [4.69, 9.17) is 4.74 Å². The second-order valence-corrected chi connectivity index (χ2v) is 7.78. The normalized spacial score (nSPS) is 11.8. The van der Waals surface area contributed by atoms with E-state index in [-0.39, 0.29) is 21.5 Å². The lowest BCUT2D eigenvalue weighted by atomic mass is 10.2. The highest BCUT2D eigenvalue weighted by atomic mass is 127. The first-order valence-electron chi connectivity index (χ1n) is 7.36. The van der Waals surface area contributed by atoms with E-state index in [1.807, 2.05) is 52.9 Å². The van der Waals surface area contributed by atoms with E-state index in [1.54, 1.807) is 6.08 Å². The van der Waals surface area contributed by atoms with Crippen LogP contribution in [0.25, 0.3) is 17.0 Å². The fourth-order valence-electron chi connectivity index (χ4n) is 2.33. The summed E-state index contributed by atoms with van der Waals surface area (Å²) in [5.74, 6) is -0.491. The first-order chi connectivity index (χ1) is 12.4. The predicted octanol–water partition coefficient (Wildman–Crippen LogP) is 3.70. The first kappa shape index (κ1) is 18.5. The van der Waals surface area contributed by atoms with Gasteiger partial charge in [0.15, 0.2) is 5.75 Å². The van der Waals surface area contributed by atoms with Gasteiger partial charge in [-0.2, -0.15) is 8.42 Å². The Morgan fingerprint density at radius 2 is 1.88 bits per heavy atom. The third-order valence-electron chi connectivity index (χ3n) is 3.45. The molecule has 0 fully saturated rings. The second-order valence-electron chi connectivity index (χ2n) is 5.23.